The second-order valence-electron chi connectivity index (χ2n) is 9.21. The number of nitrogens with zero attached hydrogens (tertiary/aromatic N) is 1. The lowest BCUT2D eigenvalue weighted by molar-refractivity contribution is 0.0773. The van der Waals surface area contributed by atoms with E-state index in [0.717, 1.165) is 15.6 Å². The topological polar surface area (TPSA) is 108 Å². The van der Waals surface area contributed by atoms with E-state index in [2.05, 4.69) is 15.4 Å². The minimum atomic E-state index is -3.39. The van der Waals surface area contributed by atoms with Crippen LogP contribution in [0.15, 0.2) is 48.5 Å². The molecule has 0 radical (unpaired) electrons. The second-order valence-corrected chi connectivity index (χ2v) is 12.2. The standard InChI is InChI=1S/C24H28N4O4S2/c1-24(2,3)20-15-18(22(29)28-12-11-25-34(31,32)14-13-28)21(33-20)27-23(30)26-19-10-6-8-16-7-4-5-9-17(16)19/h4-10,15,25H,11-14H2,1-3H3,(H2,26,27,30). The molecule has 10 heteroatoms. The van der Waals surface area contributed by atoms with Crippen LogP contribution in [-0.4, -0.2) is 50.6 Å². The maximum Gasteiger partial charge on any atom is 0.324 e. The van der Waals surface area contributed by atoms with Gasteiger partial charge in [-0.25, -0.2) is 17.9 Å². The molecule has 180 valence electrons. The summed E-state index contributed by atoms with van der Waals surface area (Å²) < 4.78 is 26.2. The molecule has 1 saturated heterocycles. The summed E-state index contributed by atoms with van der Waals surface area (Å²) in [5.74, 6) is -0.453. The summed E-state index contributed by atoms with van der Waals surface area (Å²) in [5, 5.41) is 8.10. The maximum atomic E-state index is 13.4. The molecule has 3 aromatic rings. The van der Waals surface area contributed by atoms with Crippen molar-refractivity contribution in [1.82, 2.24) is 9.62 Å². The number of benzene rings is 2. The molecule has 0 unspecified atom stereocenters. The molecule has 1 aliphatic rings. The van der Waals surface area contributed by atoms with Crippen LogP contribution in [0.2, 0.25) is 0 Å². The van der Waals surface area contributed by atoms with Crippen LogP contribution in [0.1, 0.15) is 36.0 Å². The van der Waals surface area contributed by atoms with Gasteiger partial charge in [0.05, 0.1) is 17.0 Å². The van der Waals surface area contributed by atoms with Crippen molar-refractivity contribution < 1.29 is 18.0 Å². The lowest BCUT2D eigenvalue weighted by Gasteiger charge is -2.19. The van der Waals surface area contributed by atoms with E-state index in [1.165, 1.54) is 16.2 Å². The van der Waals surface area contributed by atoms with Gasteiger partial charge in [-0.15, -0.1) is 11.3 Å². The van der Waals surface area contributed by atoms with E-state index in [-0.39, 0.29) is 36.7 Å². The first kappa shape index (κ1) is 24.2. The van der Waals surface area contributed by atoms with E-state index < -0.39 is 16.1 Å². The molecule has 1 fully saturated rings. The second kappa shape index (κ2) is 9.36. The van der Waals surface area contributed by atoms with E-state index >= 15 is 0 Å². The molecule has 0 bridgehead atoms. The molecule has 1 aromatic heterocycles. The number of anilines is 2. The fourth-order valence-corrected chi connectivity index (χ4v) is 5.84. The number of amides is 3. The number of hydrogen-bond acceptors (Lipinski definition) is 5. The van der Waals surface area contributed by atoms with Gasteiger partial charge in [-0.1, -0.05) is 57.2 Å². The third-order valence-electron chi connectivity index (χ3n) is 5.59. The predicted molar refractivity (Wildman–Crippen MR) is 137 cm³/mol. The first-order chi connectivity index (χ1) is 16.0. The van der Waals surface area contributed by atoms with Gasteiger partial charge < -0.3 is 10.2 Å². The molecule has 2 aromatic carbocycles. The molecule has 1 aliphatic heterocycles. The number of carbonyl (C=O) groups is 2. The van der Waals surface area contributed by atoms with Crippen LogP contribution in [-0.2, 0) is 15.4 Å². The third-order valence-corrected chi connectivity index (χ3v) is 8.43. The smallest absolute Gasteiger partial charge is 0.324 e. The summed E-state index contributed by atoms with van der Waals surface area (Å²) in [6.45, 7) is 6.63. The number of sulfonamides is 1. The van der Waals surface area contributed by atoms with Gasteiger partial charge in [-0.05, 0) is 22.9 Å². The molecular weight excluding hydrogens is 472 g/mol. The summed E-state index contributed by atoms with van der Waals surface area (Å²) in [6.07, 6.45) is 0. The van der Waals surface area contributed by atoms with Gasteiger partial charge in [0.25, 0.3) is 5.91 Å². The molecule has 4 rings (SSSR count). The predicted octanol–water partition coefficient (Wildman–Crippen LogP) is 4.22. The zero-order valence-electron chi connectivity index (χ0n) is 19.3. The number of fused-ring (bicyclic) bond motifs is 1. The van der Waals surface area contributed by atoms with Crippen molar-refractivity contribution in [1.29, 1.82) is 0 Å². The van der Waals surface area contributed by atoms with Crippen molar-refractivity contribution in [3.8, 4) is 0 Å². The Morgan fingerprint density at radius 3 is 2.53 bits per heavy atom. The van der Waals surface area contributed by atoms with Crippen LogP contribution >= 0.6 is 11.3 Å². The van der Waals surface area contributed by atoms with Crippen LogP contribution in [0.3, 0.4) is 0 Å². The number of carbonyl (C=O) groups excluding carboxylic acids is 2. The van der Waals surface area contributed by atoms with Crippen molar-refractivity contribution in [3.63, 3.8) is 0 Å². The van der Waals surface area contributed by atoms with Gasteiger partial charge in [-0.2, -0.15) is 0 Å². The minimum Gasteiger partial charge on any atom is -0.336 e. The number of hydrogen-bond donors (Lipinski definition) is 3. The lowest BCUT2D eigenvalue weighted by atomic mass is 9.94. The molecule has 3 N–H and O–H groups in total. The summed E-state index contributed by atoms with van der Waals surface area (Å²) in [7, 11) is -3.39. The first-order valence-electron chi connectivity index (χ1n) is 11.0. The van der Waals surface area contributed by atoms with Gasteiger partial charge in [0.2, 0.25) is 10.0 Å². The van der Waals surface area contributed by atoms with Crippen molar-refractivity contribution in [2.24, 2.45) is 0 Å². The Hall–Kier alpha value is -2.95. The Balaban J connectivity index is 1.60. The van der Waals surface area contributed by atoms with Crippen LogP contribution < -0.4 is 15.4 Å². The normalized spacial score (nSPS) is 16.1. The number of rotatable bonds is 3. The Kier molecular flexibility index (Phi) is 6.66. The molecule has 3 amide bonds. The van der Waals surface area contributed by atoms with Crippen molar-refractivity contribution in [3.05, 3.63) is 59.0 Å². The van der Waals surface area contributed by atoms with E-state index in [1.54, 1.807) is 6.07 Å². The first-order valence-corrected chi connectivity index (χ1v) is 13.5. The molecule has 8 nitrogen and oxygen atoms in total. The van der Waals surface area contributed by atoms with E-state index in [4.69, 9.17) is 0 Å². The summed E-state index contributed by atoms with van der Waals surface area (Å²) >= 11 is 1.35. The van der Waals surface area contributed by atoms with Gasteiger partial charge in [0.15, 0.2) is 0 Å². The zero-order chi connectivity index (χ0) is 24.5. The lowest BCUT2D eigenvalue weighted by Crippen LogP contribution is -2.35. The fourth-order valence-electron chi connectivity index (χ4n) is 3.73. The van der Waals surface area contributed by atoms with Crippen LogP contribution in [0, 0.1) is 0 Å². The summed E-state index contributed by atoms with van der Waals surface area (Å²) in [6, 6.07) is 14.8. The molecule has 0 atom stereocenters. The molecule has 2 heterocycles. The Labute approximate surface area is 203 Å². The highest BCUT2D eigenvalue weighted by atomic mass is 32.2. The summed E-state index contributed by atoms with van der Waals surface area (Å²) in [4.78, 5) is 28.8. The summed E-state index contributed by atoms with van der Waals surface area (Å²) in [5.41, 5.74) is 0.803. The molecule has 0 aliphatic carbocycles. The SMILES string of the molecule is CC(C)(C)c1cc(C(=O)N2CCNS(=O)(=O)CC2)c(NC(=O)Nc2cccc3ccccc23)s1. The maximum absolute atomic E-state index is 13.4. The highest BCUT2D eigenvalue weighted by Gasteiger charge is 2.29. The van der Waals surface area contributed by atoms with E-state index in [1.807, 2.05) is 63.2 Å². The van der Waals surface area contributed by atoms with Crippen LogP contribution in [0.25, 0.3) is 10.8 Å². The van der Waals surface area contributed by atoms with Crippen LogP contribution in [0.5, 0.6) is 0 Å². The molecule has 0 spiro atoms. The number of urea groups is 1. The fraction of sp³-hybridized carbons (Fsp3) is 0.333. The average Bonchev–Trinajstić information content (AvgIpc) is 3.11. The number of nitrogens with one attached hydrogen (secondary N) is 3. The number of thiophene rings is 1. The van der Waals surface area contributed by atoms with Gasteiger partial charge in [-0.3, -0.25) is 10.1 Å². The third kappa shape index (κ3) is 5.40. The quantitative estimate of drug-likeness (QED) is 0.500. The minimum absolute atomic E-state index is 0.0938. The van der Waals surface area contributed by atoms with Gasteiger partial charge in [0, 0.05) is 29.9 Å². The average molecular weight is 501 g/mol. The van der Waals surface area contributed by atoms with Gasteiger partial charge >= 0.3 is 6.03 Å². The Morgan fingerprint density at radius 2 is 1.76 bits per heavy atom. The van der Waals surface area contributed by atoms with E-state index in [0.29, 0.717) is 16.3 Å². The zero-order valence-corrected chi connectivity index (χ0v) is 21.0. The molecule has 0 saturated carbocycles. The van der Waals surface area contributed by atoms with Gasteiger partial charge in [0.1, 0.15) is 5.00 Å². The highest BCUT2D eigenvalue weighted by molar-refractivity contribution is 7.89. The Morgan fingerprint density at radius 1 is 1.03 bits per heavy atom. The Bertz CT molecular complexity index is 1340. The monoisotopic (exact) mass is 500 g/mol. The van der Waals surface area contributed by atoms with Crippen molar-refractivity contribution >= 4 is 54.8 Å². The van der Waals surface area contributed by atoms with E-state index in [9.17, 15) is 18.0 Å². The largest absolute Gasteiger partial charge is 0.336 e. The molecular formula is C24H28N4O4S2. The highest BCUT2D eigenvalue weighted by Crippen LogP contribution is 2.37. The van der Waals surface area contributed by atoms with Crippen molar-refractivity contribution in [2.45, 2.75) is 26.2 Å². The molecule has 34 heavy (non-hydrogen) atoms. The van der Waals surface area contributed by atoms with Crippen molar-refractivity contribution in [2.75, 3.05) is 36.0 Å². The van der Waals surface area contributed by atoms with Crippen LogP contribution in [0.4, 0.5) is 15.5 Å².